The number of aliphatic hydroxyl groups is 1. The minimum Gasteiger partial charge on any atom is -0.466 e. The summed E-state index contributed by atoms with van der Waals surface area (Å²) < 4.78 is 6.45. The predicted molar refractivity (Wildman–Crippen MR) is 87.0 cm³/mol. The maximum atomic E-state index is 12.5. The Morgan fingerprint density at radius 2 is 2.25 bits per heavy atom. The highest BCUT2D eigenvalue weighted by atomic mass is 16.5. The third kappa shape index (κ3) is 2.71. The summed E-state index contributed by atoms with van der Waals surface area (Å²) in [6.45, 7) is 0.0776. The van der Waals surface area contributed by atoms with Crippen molar-refractivity contribution >= 4 is 28.5 Å². The Morgan fingerprint density at radius 1 is 1.46 bits per heavy atom. The molecule has 0 radical (unpaired) electrons. The van der Waals surface area contributed by atoms with Gasteiger partial charge in [-0.2, -0.15) is 5.10 Å². The Morgan fingerprint density at radius 3 is 2.96 bits per heavy atom. The lowest BCUT2D eigenvalue weighted by atomic mass is 10.2. The summed E-state index contributed by atoms with van der Waals surface area (Å²) in [5, 5.41) is 17.4. The standard InChI is InChI=1S/C16H18N4O4/c1-19-8-10-4-3-5-12(13(10)18-19)17-14-11(16(23)24-2)9-20(6-7-21)15(14)22/h3-5,8,17,21H,6-7,9H2,1-2H3. The van der Waals surface area contributed by atoms with E-state index in [1.807, 2.05) is 25.4 Å². The Bertz CT molecular complexity index is 840. The third-order valence-corrected chi connectivity index (χ3v) is 3.86. The first-order valence-electron chi connectivity index (χ1n) is 7.46. The summed E-state index contributed by atoms with van der Waals surface area (Å²) >= 11 is 0. The van der Waals surface area contributed by atoms with Crippen molar-refractivity contribution in [3.63, 3.8) is 0 Å². The minimum absolute atomic E-state index is 0.104. The molecule has 2 aromatic rings. The van der Waals surface area contributed by atoms with E-state index < -0.39 is 5.97 Å². The van der Waals surface area contributed by atoms with E-state index in [-0.39, 0.29) is 36.9 Å². The van der Waals surface area contributed by atoms with Gasteiger partial charge in [0.1, 0.15) is 11.2 Å². The molecular formula is C16H18N4O4. The molecule has 0 spiro atoms. The second kappa shape index (κ2) is 6.32. The number of esters is 1. The summed E-state index contributed by atoms with van der Waals surface area (Å²) in [6, 6.07) is 5.55. The molecule has 0 saturated heterocycles. The largest absolute Gasteiger partial charge is 0.466 e. The molecular weight excluding hydrogens is 312 g/mol. The van der Waals surface area contributed by atoms with Gasteiger partial charge in [0, 0.05) is 25.2 Å². The SMILES string of the molecule is COC(=O)C1=C(Nc2cccc3cn(C)nc23)C(=O)N(CCO)C1. The molecule has 1 aromatic carbocycles. The zero-order valence-corrected chi connectivity index (χ0v) is 13.4. The Hall–Kier alpha value is -2.87. The van der Waals surface area contributed by atoms with Gasteiger partial charge in [-0.1, -0.05) is 12.1 Å². The molecule has 2 N–H and O–H groups in total. The molecule has 0 saturated carbocycles. The molecule has 8 heteroatoms. The number of carbonyl (C=O) groups is 2. The van der Waals surface area contributed by atoms with Crippen molar-refractivity contribution in [1.29, 1.82) is 0 Å². The van der Waals surface area contributed by atoms with Crippen LogP contribution in [-0.2, 0) is 21.4 Å². The zero-order valence-electron chi connectivity index (χ0n) is 13.4. The molecule has 126 valence electrons. The van der Waals surface area contributed by atoms with E-state index in [1.54, 1.807) is 10.7 Å². The van der Waals surface area contributed by atoms with E-state index in [1.165, 1.54) is 12.0 Å². The van der Waals surface area contributed by atoms with Crippen LogP contribution < -0.4 is 5.32 Å². The summed E-state index contributed by atoms with van der Waals surface area (Å²) in [5.41, 5.74) is 1.73. The number of hydrogen-bond donors (Lipinski definition) is 2. The summed E-state index contributed by atoms with van der Waals surface area (Å²) in [6.07, 6.45) is 1.87. The number of nitrogens with one attached hydrogen (secondary N) is 1. The molecule has 1 aliphatic heterocycles. The van der Waals surface area contributed by atoms with Crippen LogP contribution in [0.5, 0.6) is 0 Å². The molecule has 0 bridgehead atoms. The van der Waals surface area contributed by atoms with Crippen LogP contribution in [0.3, 0.4) is 0 Å². The van der Waals surface area contributed by atoms with Crippen LogP contribution >= 0.6 is 0 Å². The molecule has 3 rings (SSSR count). The highest BCUT2D eigenvalue weighted by molar-refractivity contribution is 6.09. The molecule has 1 aromatic heterocycles. The third-order valence-electron chi connectivity index (χ3n) is 3.86. The minimum atomic E-state index is -0.570. The van der Waals surface area contributed by atoms with Gasteiger partial charge in [-0.3, -0.25) is 9.48 Å². The number of nitrogens with zero attached hydrogens (tertiary/aromatic N) is 3. The van der Waals surface area contributed by atoms with Crippen LogP contribution in [0, 0.1) is 0 Å². The molecule has 24 heavy (non-hydrogen) atoms. The lowest BCUT2D eigenvalue weighted by molar-refractivity contribution is -0.136. The van der Waals surface area contributed by atoms with E-state index in [9.17, 15) is 9.59 Å². The van der Waals surface area contributed by atoms with E-state index in [0.29, 0.717) is 11.2 Å². The zero-order chi connectivity index (χ0) is 17.3. The van der Waals surface area contributed by atoms with Crippen LogP contribution in [-0.4, -0.2) is 58.5 Å². The van der Waals surface area contributed by atoms with Crippen molar-refractivity contribution in [2.24, 2.45) is 7.05 Å². The van der Waals surface area contributed by atoms with E-state index in [2.05, 4.69) is 10.4 Å². The van der Waals surface area contributed by atoms with Crippen molar-refractivity contribution < 1.29 is 19.4 Å². The van der Waals surface area contributed by atoms with Gasteiger partial charge in [-0.25, -0.2) is 4.79 Å². The fourth-order valence-corrected chi connectivity index (χ4v) is 2.75. The van der Waals surface area contributed by atoms with Crippen molar-refractivity contribution in [3.05, 3.63) is 35.7 Å². The van der Waals surface area contributed by atoms with E-state index in [4.69, 9.17) is 9.84 Å². The van der Waals surface area contributed by atoms with Gasteiger partial charge in [-0.05, 0) is 6.07 Å². The van der Waals surface area contributed by atoms with E-state index in [0.717, 1.165) is 5.39 Å². The van der Waals surface area contributed by atoms with Crippen LogP contribution in [0.4, 0.5) is 5.69 Å². The van der Waals surface area contributed by atoms with Crippen molar-refractivity contribution in [1.82, 2.24) is 14.7 Å². The molecule has 1 aliphatic rings. The van der Waals surface area contributed by atoms with Gasteiger partial charge in [-0.15, -0.1) is 0 Å². The van der Waals surface area contributed by atoms with E-state index >= 15 is 0 Å². The second-order valence-electron chi connectivity index (χ2n) is 5.47. The van der Waals surface area contributed by atoms with Gasteiger partial charge >= 0.3 is 5.97 Å². The van der Waals surface area contributed by atoms with Crippen LogP contribution in [0.2, 0.25) is 0 Å². The smallest absolute Gasteiger partial charge is 0.337 e. The Labute approximate surface area is 138 Å². The molecule has 0 atom stereocenters. The lowest BCUT2D eigenvalue weighted by Crippen LogP contribution is -2.31. The number of aliphatic hydroxyl groups excluding tert-OH is 1. The number of benzene rings is 1. The molecule has 0 unspecified atom stereocenters. The van der Waals surface area contributed by atoms with Gasteiger partial charge in [0.05, 0.1) is 31.5 Å². The summed E-state index contributed by atoms with van der Waals surface area (Å²) in [4.78, 5) is 25.9. The van der Waals surface area contributed by atoms with Crippen molar-refractivity contribution in [3.8, 4) is 0 Å². The number of fused-ring (bicyclic) bond motifs is 1. The van der Waals surface area contributed by atoms with Crippen molar-refractivity contribution in [2.75, 3.05) is 32.1 Å². The fraction of sp³-hybridized carbons (Fsp3) is 0.312. The predicted octanol–water partition coefficient (Wildman–Crippen LogP) is 0.247. The number of aromatic nitrogens is 2. The second-order valence-corrected chi connectivity index (χ2v) is 5.47. The monoisotopic (exact) mass is 330 g/mol. The molecule has 1 amide bonds. The van der Waals surface area contributed by atoms with Crippen molar-refractivity contribution in [2.45, 2.75) is 0 Å². The maximum absolute atomic E-state index is 12.5. The maximum Gasteiger partial charge on any atom is 0.337 e. The van der Waals surface area contributed by atoms with Crippen LogP contribution in [0.15, 0.2) is 35.7 Å². The first-order chi connectivity index (χ1) is 11.5. The fourth-order valence-electron chi connectivity index (χ4n) is 2.75. The summed E-state index contributed by atoms with van der Waals surface area (Å²) in [7, 11) is 3.08. The number of rotatable bonds is 5. The number of anilines is 1. The number of hydrogen-bond acceptors (Lipinski definition) is 6. The van der Waals surface area contributed by atoms with Crippen LogP contribution in [0.25, 0.3) is 10.9 Å². The molecule has 0 fully saturated rings. The van der Waals surface area contributed by atoms with Gasteiger partial charge in [0.15, 0.2) is 0 Å². The number of methoxy groups -OCH3 is 1. The Kier molecular flexibility index (Phi) is 4.22. The topological polar surface area (TPSA) is 96.7 Å². The summed E-state index contributed by atoms with van der Waals surface area (Å²) in [5.74, 6) is -0.920. The average molecular weight is 330 g/mol. The lowest BCUT2D eigenvalue weighted by Gasteiger charge is -2.15. The van der Waals surface area contributed by atoms with Crippen LogP contribution in [0.1, 0.15) is 0 Å². The highest BCUT2D eigenvalue weighted by Crippen LogP contribution is 2.27. The highest BCUT2D eigenvalue weighted by Gasteiger charge is 2.34. The molecule has 0 aliphatic carbocycles. The number of aryl methyl sites for hydroxylation is 1. The van der Waals surface area contributed by atoms with Gasteiger partial charge < -0.3 is 20.1 Å². The Balaban J connectivity index is 2.00. The number of β-amino-alcohol motifs (C(OH)–C–C–N with tert-alkyl or cyclic N) is 1. The number of carbonyl (C=O) groups excluding carboxylic acids is 2. The number of amides is 1. The molecule has 8 nitrogen and oxygen atoms in total. The first-order valence-corrected chi connectivity index (χ1v) is 7.46. The molecule has 2 heterocycles. The normalized spacial score (nSPS) is 14.6. The van der Waals surface area contributed by atoms with Gasteiger partial charge in [0.25, 0.3) is 5.91 Å². The quantitative estimate of drug-likeness (QED) is 0.763. The number of ether oxygens (including phenoxy) is 1. The van der Waals surface area contributed by atoms with Gasteiger partial charge in [0.2, 0.25) is 0 Å². The average Bonchev–Trinajstić information content (AvgIpc) is 3.09. The first kappa shape index (κ1) is 16.0.